The molecule has 1 aromatic rings. The number of nitrogens with zero attached hydrogens (tertiary/aromatic N) is 4. The van der Waals surface area contributed by atoms with Crippen molar-refractivity contribution < 1.29 is 0 Å². The summed E-state index contributed by atoms with van der Waals surface area (Å²) in [7, 11) is 1.97. The Kier molecular flexibility index (Phi) is 5.16. The molecule has 5 heteroatoms. The Bertz CT molecular complexity index is 414. The van der Waals surface area contributed by atoms with E-state index in [1.54, 1.807) is 6.33 Å². The van der Waals surface area contributed by atoms with Crippen molar-refractivity contribution in [2.24, 2.45) is 18.9 Å². The van der Waals surface area contributed by atoms with Gasteiger partial charge in [0.15, 0.2) is 0 Å². The number of aryl methyl sites for hydroxylation is 1. The van der Waals surface area contributed by atoms with Crippen molar-refractivity contribution in [3.8, 4) is 0 Å². The molecule has 0 bridgehead atoms. The third-order valence-electron chi connectivity index (χ3n) is 4.74. The second kappa shape index (κ2) is 6.68. The molecule has 20 heavy (non-hydrogen) atoms. The minimum absolute atomic E-state index is 0.573. The number of hydrogen-bond donors (Lipinski definition) is 1. The molecule has 114 valence electrons. The van der Waals surface area contributed by atoms with Crippen molar-refractivity contribution in [2.45, 2.75) is 52.7 Å². The van der Waals surface area contributed by atoms with Gasteiger partial charge in [-0.15, -0.1) is 0 Å². The Morgan fingerprint density at radius 2 is 2.15 bits per heavy atom. The minimum Gasteiger partial charge on any atom is -0.311 e. The summed E-state index contributed by atoms with van der Waals surface area (Å²) >= 11 is 0. The van der Waals surface area contributed by atoms with Gasteiger partial charge in [0.1, 0.15) is 12.2 Å². The average Bonchev–Trinajstić information content (AvgIpc) is 2.83. The summed E-state index contributed by atoms with van der Waals surface area (Å²) in [5.41, 5.74) is 0. The molecule has 3 atom stereocenters. The lowest BCUT2D eigenvalue weighted by molar-refractivity contribution is 0.0690. The molecule has 1 aliphatic heterocycles. The van der Waals surface area contributed by atoms with Crippen LogP contribution in [0.3, 0.4) is 0 Å². The minimum atomic E-state index is 0.573. The van der Waals surface area contributed by atoms with Crippen molar-refractivity contribution in [1.29, 1.82) is 0 Å². The summed E-state index contributed by atoms with van der Waals surface area (Å²) in [5, 5.41) is 7.91. The molecule has 2 rings (SSSR count). The zero-order chi connectivity index (χ0) is 14.7. The van der Waals surface area contributed by atoms with Gasteiger partial charge in [0, 0.05) is 32.2 Å². The highest BCUT2D eigenvalue weighted by molar-refractivity contribution is 4.93. The van der Waals surface area contributed by atoms with E-state index in [9.17, 15) is 0 Å². The van der Waals surface area contributed by atoms with Gasteiger partial charge >= 0.3 is 0 Å². The van der Waals surface area contributed by atoms with Gasteiger partial charge in [0.25, 0.3) is 0 Å². The zero-order valence-electron chi connectivity index (χ0n) is 13.5. The van der Waals surface area contributed by atoms with Crippen molar-refractivity contribution in [3.05, 3.63) is 12.2 Å². The first kappa shape index (κ1) is 15.4. The Labute approximate surface area is 122 Å². The molecule has 0 aromatic carbocycles. The van der Waals surface area contributed by atoms with E-state index in [-0.39, 0.29) is 0 Å². The third-order valence-corrected chi connectivity index (χ3v) is 4.74. The van der Waals surface area contributed by atoms with Crippen LogP contribution in [0.2, 0.25) is 0 Å². The Morgan fingerprint density at radius 1 is 1.40 bits per heavy atom. The van der Waals surface area contributed by atoms with Crippen LogP contribution in [0.25, 0.3) is 0 Å². The van der Waals surface area contributed by atoms with E-state index in [0.717, 1.165) is 25.5 Å². The molecule has 0 spiro atoms. The normalized spacial score (nSPS) is 26.1. The quantitative estimate of drug-likeness (QED) is 0.890. The standard InChI is InChI=1S/C15H29N5/c1-6-12(4)14-7-16-13(11(2)3)8-20(14)9-15-17-10-18-19(15)5/h10-14,16H,6-9H2,1-5H3. The van der Waals surface area contributed by atoms with Gasteiger partial charge in [-0.3, -0.25) is 9.58 Å². The summed E-state index contributed by atoms with van der Waals surface area (Å²) in [6, 6.07) is 1.16. The summed E-state index contributed by atoms with van der Waals surface area (Å²) in [5.74, 6) is 2.42. The maximum absolute atomic E-state index is 4.39. The largest absolute Gasteiger partial charge is 0.311 e. The van der Waals surface area contributed by atoms with Crippen LogP contribution < -0.4 is 5.32 Å². The summed E-state index contributed by atoms with van der Waals surface area (Å²) in [4.78, 5) is 6.99. The van der Waals surface area contributed by atoms with Crippen molar-refractivity contribution >= 4 is 0 Å². The molecular weight excluding hydrogens is 250 g/mol. The van der Waals surface area contributed by atoms with Crippen LogP contribution in [0.5, 0.6) is 0 Å². The fraction of sp³-hybridized carbons (Fsp3) is 0.867. The van der Waals surface area contributed by atoms with Crippen LogP contribution in [0.15, 0.2) is 6.33 Å². The first-order valence-electron chi connectivity index (χ1n) is 7.83. The van der Waals surface area contributed by atoms with Gasteiger partial charge in [-0.25, -0.2) is 4.98 Å². The maximum Gasteiger partial charge on any atom is 0.140 e. The van der Waals surface area contributed by atoms with E-state index in [4.69, 9.17) is 0 Å². The maximum atomic E-state index is 4.39. The lowest BCUT2D eigenvalue weighted by Crippen LogP contribution is -2.59. The lowest BCUT2D eigenvalue weighted by Gasteiger charge is -2.44. The van der Waals surface area contributed by atoms with Gasteiger partial charge in [0.05, 0.1) is 6.54 Å². The van der Waals surface area contributed by atoms with E-state index < -0.39 is 0 Å². The van der Waals surface area contributed by atoms with E-state index in [1.165, 1.54) is 6.42 Å². The molecule has 0 amide bonds. The highest BCUT2D eigenvalue weighted by Crippen LogP contribution is 2.22. The molecule has 1 aliphatic rings. The SMILES string of the molecule is CCC(C)C1CNC(C(C)C)CN1Cc1ncnn1C. The van der Waals surface area contributed by atoms with E-state index >= 15 is 0 Å². The van der Waals surface area contributed by atoms with E-state index in [2.05, 4.69) is 48.0 Å². The van der Waals surface area contributed by atoms with Crippen LogP contribution >= 0.6 is 0 Å². The summed E-state index contributed by atoms with van der Waals surface area (Å²) in [6.45, 7) is 12.3. The van der Waals surface area contributed by atoms with Gasteiger partial charge < -0.3 is 5.32 Å². The molecule has 0 radical (unpaired) electrons. The van der Waals surface area contributed by atoms with E-state index in [1.807, 2.05) is 11.7 Å². The molecule has 1 aromatic heterocycles. The zero-order valence-corrected chi connectivity index (χ0v) is 13.5. The van der Waals surface area contributed by atoms with Crippen LogP contribution in [-0.4, -0.2) is 44.8 Å². The molecule has 0 saturated carbocycles. The second-order valence-corrected chi connectivity index (χ2v) is 6.44. The summed E-state index contributed by atoms with van der Waals surface area (Å²) in [6.07, 6.45) is 2.86. The Morgan fingerprint density at radius 3 is 2.70 bits per heavy atom. The van der Waals surface area contributed by atoms with Gasteiger partial charge in [-0.2, -0.15) is 5.10 Å². The van der Waals surface area contributed by atoms with Crippen LogP contribution in [-0.2, 0) is 13.6 Å². The fourth-order valence-corrected chi connectivity index (χ4v) is 2.96. The first-order valence-corrected chi connectivity index (χ1v) is 7.83. The third kappa shape index (κ3) is 3.38. The highest BCUT2D eigenvalue weighted by Gasteiger charge is 2.32. The molecular formula is C15H29N5. The van der Waals surface area contributed by atoms with Crippen LogP contribution in [0.1, 0.15) is 39.9 Å². The second-order valence-electron chi connectivity index (χ2n) is 6.44. The Hall–Kier alpha value is -0.940. The molecule has 0 aliphatic carbocycles. The summed E-state index contributed by atoms with van der Waals surface area (Å²) < 4.78 is 1.89. The molecule has 5 nitrogen and oxygen atoms in total. The molecule has 2 heterocycles. The monoisotopic (exact) mass is 279 g/mol. The number of rotatable bonds is 5. The number of piperazine rings is 1. The van der Waals surface area contributed by atoms with E-state index in [0.29, 0.717) is 23.9 Å². The lowest BCUT2D eigenvalue weighted by atomic mass is 9.92. The smallest absolute Gasteiger partial charge is 0.140 e. The molecule has 1 saturated heterocycles. The first-order chi connectivity index (χ1) is 9.52. The number of nitrogens with one attached hydrogen (secondary N) is 1. The van der Waals surface area contributed by atoms with Gasteiger partial charge in [-0.05, 0) is 11.8 Å². The Balaban J connectivity index is 2.11. The van der Waals surface area contributed by atoms with Crippen molar-refractivity contribution in [3.63, 3.8) is 0 Å². The average molecular weight is 279 g/mol. The topological polar surface area (TPSA) is 46.0 Å². The highest BCUT2D eigenvalue weighted by atomic mass is 15.3. The predicted octanol–water partition coefficient (Wildman–Crippen LogP) is 1.66. The molecule has 1 fully saturated rings. The van der Waals surface area contributed by atoms with Crippen molar-refractivity contribution in [2.75, 3.05) is 13.1 Å². The van der Waals surface area contributed by atoms with Crippen LogP contribution in [0.4, 0.5) is 0 Å². The van der Waals surface area contributed by atoms with Gasteiger partial charge in [0.2, 0.25) is 0 Å². The van der Waals surface area contributed by atoms with Gasteiger partial charge in [-0.1, -0.05) is 34.1 Å². The number of aromatic nitrogens is 3. The van der Waals surface area contributed by atoms with Crippen LogP contribution in [0, 0.1) is 11.8 Å². The fourth-order valence-electron chi connectivity index (χ4n) is 2.96. The molecule has 3 unspecified atom stereocenters. The predicted molar refractivity (Wildman–Crippen MR) is 81.3 cm³/mol. The van der Waals surface area contributed by atoms with Crippen molar-refractivity contribution in [1.82, 2.24) is 25.0 Å². The number of hydrogen-bond acceptors (Lipinski definition) is 4. The molecule has 1 N–H and O–H groups in total.